The van der Waals surface area contributed by atoms with Crippen LogP contribution in [0.15, 0.2) is 30.3 Å². The van der Waals surface area contributed by atoms with E-state index in [1.807, 2.05) is 30.3 Å². The summed E-state index contributed by atoms with van der Waals surface area (Å²) in [5.74, 6) is -0.141. The predicted molar refractivity (Wildman–Crippen MR) is 87.7 cm³/mol. The molecule has 4 N–H and O–H groups in total. The second-order valence-corrected chi connectivity index (χ2v) is 5.57. The Morgan fingerprint density at radius 1 is 1.32 bits per heavy atom. The SMILES string of the molecule is Cl.N[C@@H]1CC[C@H](C(=O)NCCOCc2ccccc2)C[C@H]1O. The summed E-state index contributed by atoms with van der Waals surface area (Å²) < 4.78 is 5.51. The normalized spacial score (nSPS) is 24.4. The van der Waals surface area contributed by atoms with Crippen molar-refractivity contribution in [3.63, 3.8) is 0 Å². The molecule has 0 heterocycles. The van der Waals surface area contributed by atoms with Gasteiger partial charge in [-0.2, -0.15) is 0 Å². The van der Waals surface area contributed by atoms with Crippen LogP contribution in [0.3, 0.4) is 0 Å². The van der Waals surface area contributed by atoms with Gasteiger partial charge >= 0.3 is 0 Å². The van der Waals surface area contributed by atoms with Gasteiger partial charge in [0.15, 0.2) is 0 Å². The molecule has 5 nitrogen and oxygen atoms in total. The van der Waals surface area contributed by atoms with E-state index in [1.54, 1.807) is 0 Å². The van der Waals surface area contributed by atoms with Crippen LogP contribution in [0.25, 0.3) is 0 Å². The van der Waals surface area contributed by atoms with E-state index in [4.69, 9.17) is 10.5 Å². The van der Waals surface area contributed by atoms with Crippen LogP contribution < -0.4 is 11.1 Å². The minimum absolute atomic E-state index is 0. The molecule has 2 rings (SSSR count). The van der Waals surface area contributed by atoms with Crippen LogP contribution in [0, 0.1) is 5.92 Å². The number of ether oxygens (including phenoxy) is 1. The highest BCUT2D eigenvalue weighted by molar-refractivity contribution is 5.85. The fraction of sp³-hybridized carbons (Fsp3) is 0.562. The molecule has 1 aliphatic rings. The molecule has 124 valence electrons. The van der Waals surface area contributed by atoms with Gasteiger partial charge in [0, 0.05) is 18.5 Å². The largest absolute Gasteiger partial charge is 0.391 e. The number of nitrogens with two attached hydrogens (primary N) is 1. The Balaban J connectivity index is 0.00000242. The van der Waals surface area contributed by atoms with E-state index < -0.39 is 6.10 Å². The number of hydrogen-bond acceptors (Lipinski definition) is 4. The molecule has 1 saturated carbocycles. The van der Waals surface area contributed by atoms with E-state index in [0.717, 1.165) is 12.0 Å². The van der Waals surface area contributed by atoms with Gasteiger partial charge in [-0.15, -0.1) is 12.4 Å². The minimum Gasteiger partial charge on any atom is -0.391 e. The third kappa shape index (κ3) is 5.93. The molecule has 1 aromatic rings. The van der Waals surface area contributed by atoms with Crippen LogP contribution in [-0.4, -0.2) is 36.3 Å². The van der Waals surface area contributed by atoms with Crippen LogP contribution in [0.4, 0.5) is 0 Å². The van der Waals surface area contributed by atoms with Crippen molar-refractivity contribution < 1.29 is 14.6 Å². The second-order valence-electron chi connectivity index (χ2n) is 5.57. The summed E-state index contributed by atoms with van der Waals surface area (Å²) >= 11 is 0. The Hall–Kier alpha value is -1.14. The lowest BCUT2D eigenvalue weighted by Gasteiger charge is -2.29. The van der Waals surface area contributed by atoms with Crippen molar-refractivity contribution in [2.75, 3.05) is 13.2 Å². The highest BCUT2D eigenvalue weighted by Crippen LogP contribution is 2.23. The third-order valence-corrected chi connectivity index (χ3v) is 3.90. The quantitative estimate of drug-likeness (QED) is 0.686. The number of benzene rings is 1. The molecule has 1 amide bonds. The standard InChI is InChI=1S/C16H24N2O3.ClH/c17-14-7-6-13(10-15(14)19)16(20)18-8-9-21-11-12-4-2-1-3-5-12;/h1-5,13-15,19H,6-11,17H2,(H,18,20);1H/t13-,14+,15+;/m0./s1. The average Bonchev–Trinajstić information content (AvgIpc) is 2.50. The summed E-state index contributed by atoms with van der Waals surface area (Å²) in [5, 5.41) is 12.6. The first kappa shape index (κ1) is 18.9. The molecule has 0 saturated heterocycles. The molecule has 0 spiro atoms. The molecular formula is C16H25ClN2O3. The molecule has 0 radical (unpaired) electrons. The van der Waals surface area contributed by atoms with E-state index in [1.165, 1.54) is 0 Å². The maximum atomic E-state index is 12.0. The molecule has 0 bridgehead atoms. The van der Waals surface area contributed by atoms with Crippen molar-refractivity contribution in [1.29, 1.82) is 0 Å². The smallest absolute Gasteiger partial charge is 0.223 e. The Labute approximate surface area is 137 Å². The second kappa shape index (κ2) is 9.79. The van der Waals surface area contributed by atoms with Crippen molar-refractivity contribution in [2.24, 2.45) is 11.7 Å². The van der Waals surface area contributed by atoms with Crippen LogP contribution in [0.2, 0.25) is 0 Å². The lowest BCUT2D eigenvalue weighted by Crippen LogP contribution is -2.44. The summed E-state index contributed by atoms with van der Waals surface area (Å²) in [6.45, 7) is 1.52. The number of carbonyl (C=O) groups excluding carboxylic acids is 1. The Bertz CT molecular complexity index is 444. The van der Waals surface area contributed by atoms with Crippen LogP contribution in [-0.2, 0) is 16.1 Å². The van der Waals surface area contributed by atoms with Crippen molar-refractivity contribution in [2.45, 2.75) is 38.0 Å². The molecule has 6 heteroatoms. The number of aliphatic hydroxyl groups is 1. The number of hydrogen-bond donors (Lipinski definition) is 3. The zero-order valence-electron chi connectivity index (χ0n) is 12.6. The summed E-state index contributed by atoms with van der Waals surface area (Å²) in [6.07, 6.45) is 1.33. The third-order valence-electron chi connectivity index (χ3n) is 3.90. The van der Waals surface area contributed by atoms with Gasteiger partial charge in [0.25, 0.3) is 0 Å². The van der Waals surface area contributed by atoms with Crippen LogP contribution in [0.5, 0.6) is 0 Å². The van der Waals surface area contributed by atoms with Gasteiger partial charge < -0.3 is 20.9 Å². The van der Waals surface area contributed by atoms with Crippen molar-refractivity contribution in [1.82, 2.24) is 5.32 Å². The Kier molecular flexibility index (Phi) is 8.42. The van der Waals surface area contributed by atoms with Crippen molar-refractivity contribution >= 4 is 18.3 Å². The summed E-state index contributed by atoms with van der Waals surface area (Å²) in [7, 11) is 0. The van der Waals surface area contributed by atoms with Gasteiger partial charge in [-0.3, -0.25) is 4.79 Å². The number of halogens is 1. The van der Waals surface area contributed by atoms with Crippen molar-refractivity contribution in [3.05, 3.63) is 35.9 Å². The van der Waals surface area contributed by atoms with E-state index in [2.05, 4.69) is 5.32 Å². The van der Waals surface area contributed by atoms with E-state index in [-0.39, 0.29) is 30.3 Å². The van der Waals surface area contributed by atoms with Gasteiger partial charge in [-0.25, -0.2) is 0 Å². The van der Waals surface area contributed by atoms with Gasteiger partial charge in [0.1, 0.15) is 0 Å². The highest BCUT2D eigenvalue weighted by atomic mass is 35.5. The lowest BCUT2D eigenvalue weighted by molar-refractivity contribution is -0.127. The number of aliphatic hydroxyl groups excluding tert-OH is 1. The van der Waals surface area contributed by atoms with Gasteiger partial charge in [0.2, 0.25) is 5.91 Å². The highest BCUT2D eigenvalue weighted by Gasteiger charge is 2.30. The van der Waals surface area contributed by atoms with Crippen molar-refractivity contribution in [3.8, 4) is 0 Å². The number of carbonyl (C=O) groups is 1. The van der Waals surface area contributed by atoms with Crippen LogP contribution >= 0.6 is 12.4 Å². The zero-order valence-corrected chi connectivity index (χ0v) is 13.4. The van der Waals surface area contributed by atoms with Gasteiger partial charge in [0.05, 0.1) is 19.3 Å². The zero-order chi connectivity index (χ0) is 15.1. The van der Waals surface area contributed by atoms with E-state index in [9.17, 15) is 9.90 Å². The number of rotatable bonds is 6. The minimum atomic E-state index is -0.566. The number of nitrogens with one attached hydrogen (secondary N) is 1. The molecule has 0 aromatic heterocycles. The molecule has 3 atom stereocenters. The molecular weight excluding hydrogens is 304 g/mol. The Morgan fingerprint density at radius 3 is 2.73 bits per heavy atom. The molecule has 0 unspecified atom stereocenters. The lowest BCUT2D eigenvalue weighted by atomic mass is 9.84. The molecule has 0 aliphatic heterocycles. The Morgan fingerprint density at radius 2 is 2.05 bits per heavy atom. The summed E-state index contributed by atoms with van der Waals surface area (Å²) in [5.41, 5.74) is 6.85. The molecule has 1 aromatic carbocycles. The molecule has 1 fully saturated rings. The van der Waals surface area contributed by atoms with E-state index >= 15 is 0 Å². The first-order valence-corrected chi connectivity index (χ1v) is 7.50. The van der Waals surface area contributed by atoms with Gasteiger partial charge in [-0.05, 0) is 24.8 Å². The molecule has 1 aliphatic carbocycles. The first-order valence-electron chi connectivity index (χ1n) is 7.50. The summed E-state index contributed by atoms with van der Waals surface area (Å²) in [4.78, 5) is 12.0. The fourth-order valence-corrected chi connectivity index (χ4v) is 2.56. The fourth-order valence-electron chi connectivity index (χ4n) is 2.56. The molecule has 22 heavy (non-hydrogen) atoms. The monoisotopic (exact) mass is 328 g/mol. The van der Waals surface area contributed by atoms with Gasteiger partial charge in [-0.1, -0.05) is 30.3 Å². The van der Waals surface area contributed by atoms with Crippen LogP contribution in [0.1, 0.15) is 24.8 Å². The average molecular weight is 329 g/mol. The topological polar surface area (TPSA) is 84.6 Å². The maximum absolute atomic E-state index is 12.0. The predicted octanol–water partition coefficient (Wildman–Crippen LogP) is 1.23. The summed E-state index contributed by atoms with van der Waals surface area (Å²) in [6, 6.07) is 9.73. The maximum Gasteiger partial charge on any atom is 0.223 e. The number of amides is 1. The first-order chi connectivity index (χ1) is 10.2. The van der Waals surface area contributed by atoms with E-state index in [0.29, 0.717) is 32.6 Å².